The predicted octanol–water partition coefficient (Wildman–Crippen LogP) is 5.47. The molecule has 1 N–H and O–H groups in total. The molecule has 400 valence electrons. The second-order valence-electron chi connectivity index (χ2n) is 15.5. The third-order valence-corrected chi connectivity index (χ3v) is 14.6. The maximum Gasteiger partial charge on any atom is 0.373 e. The van der Waals surface area contributed by atoms with E-state index in [1.165, 1.54) is 46.5 Å². The Hall–Kier alpha value is -5.83. The van der Waals surface area contributed by atoms with Crippen molar-refractivity contribution in [1.82, 2.24) is 18.8 Å². The predicted molar refractivity (Wildman–Crippen MR) is 271 cm³/mol. The largest absolute Gasteiger partial charge is 0.497 e. The summed E-state index contributed by atoms with van der Waals surface area (Å²) in [6.45, 7) is 13.2. The molecule has 22 heteroatoms. The van der Waals surface area contributed by atoms with E-state index in [1.54, 1.807) is 71.0 Å². The zero-order valence-corrected chi connectivity index (χ0v) is 45.7. The normalized spacial score (nSPS) is 10.4. The first-order valence-electron chi connectivity index (χ1n) is 22.1. The molecule has 0 radical (unpaired) electrons. The van der Waals surface area contributed by atoms with Gasteiger partial charge in [-0.3, -0.25) is 9.59 Å². The van der Waals surface area contributed by atoms with E-state index in [2.05, 4.69) is 60.3 Å². The number of methoxy groups -OCH3 is 2. The summed E-state index contributed by atoms with van der Waals surface area (Å²) in [4.78, 5) is 56.9. The van der Waals surface area contributed by atoms with Crippen molar-refractivity contribution in [3.05, 3.63) is 117 Å². The molecule has 0 aliphatic heterocycles. The molecule has 0 heterocycles. The van der Waals surface area contributed by atoms with Crippen LogP contribution in [0.3, 0.4) is 0 Å². The van der Waals surface area contributed by atoms with Gasteiger partial charge < -0.3 is 33.9 Å². The van der Waals surface area contributed by atoms with Crippen LogP contribution in [0.1, 0.15) is 58.4 Å². The van der Waals surface area contributed by atoms with Crippen LogP contribution in [-0.2, 0) is 89.0 Å². The van der Waals surface area contributed by atoms with E-state index in [0.717, 1.165) is 24.9 Å². The average molecular weight is 1070 g/mol. The van der Waals surface area contributed by atoms with Gasteiger partial charge in [0.15, 0.2) is 6.79 Å². The van der Waals surface area contributed by atoms with Gasteiger partial charge >= 0.3 is 12.3 Å². The van der Waals surface area contributed by atoms with Crippen molar-refractivity contribution in [1.29, 1.82) is 0 Å². The Morgan fingerprint density at radius 2 is 0.972 bits per heavy atom. The molecule has 0 saturated heterocycles. The second kappa shape index (κ2) is 37.0. The van der Waals surface area contributed by atoms with Gasteiger partial charge in [-0.1, -0.05) is 62.4 Å². The first-order chi connectivity index (χ1) is 33.6. The topological polar surface area (TPSA) is 239 Å². The monoisotopic (exact) mass is 1070 g/mol. The first kappa shape index (κ1) is 68.2. The number of ether oxygens (including phenoxy) is 5. The minimum absolute atomic E-state index is 0. The number of benzene rings is 4. The van der Waals surface area contributed by atoms with E-state index < -0.39 is 20.0 Å². The fraction of sp³-hybridized carbons (Fsp3) is 0.440. The van der Waals surface area contributed by atoms with E-state index in [1.807, 2.05) is 19.2 Å². The molecule has 4 aromatic carbocycles. The zero-order valence-electron chi connectivity index (χ0n) is 43.3. The highest BCUT2D eigenvalue weighted by Gasteiger charge is 2.27. The van der Waals surface area contributed by atoms with Gasteiger partial charge in [-0.05, 0) is 116 Å². The molecule has 1 amide bonds. The van der Waals surface area contributed by atoms with Crippen LogP contribution < -0.4 is 14.8 Å². The Kier molecular flexibility index (Phi) is 35.1. The van der Waals surface area contributed by atoms with Crippen molar-refractivity contribution in [3.63, 3.8) is 0 Å². The fourth-order valence-electron chi connectivity index (χ4n) is 6.55. The number of carbonyl (C=O) groups excluding carboxylic acids is 6. The number of carbonyl (C=O) groups is 2. The quantitative estimate of drug-likeness (QED) is 0.0550. The Labute approximate surface area is 431 Å². The summed E-state index contributed by atoms with van der Waals surface area (Å²) in [5.41, 5.74) is 7.55. The molecule has 0 atom stereocenters. The molecule has 0 unspecified atom stereocenters. The Morgan fingerprint density at radius 1 is 0.625 bits per heavy atom. The molecule has 4 rings (SSSR count). The highest BCUT2D eigenvalue weighted by Crippen LogP contribution is 2.29. The molecule has 19 nitrogen and oxygen atoms in total. The summed E-state index contributed by atoms with van der Waals surface area (Å²) in [5, 5.41) is 3.12. The Morgan fingerprint density at radius 3 is 1.31 bits per heavy atom. The lowest BCUT2D eigenvalue weighted by molar-refractivity contribution is -0.193. The highest BCUT2D eigenvalue weighted by atomic mass is 35.5. The van der Waals surface area contributed by atoms with E-state index in [4.69, 9.17) is 38.1 Å². The fourth-order valence-corrected chi connectivity index (χ4v) is 9.67. The Bertz CT molecular complexity index is 2460. The number of aryl methyl sites for hydroxylation is 6. The maximum absolute atomic E-state index is 13.0. The van der Waals surface area contributed by atoms with Gasteiger partial charge in [0, 0.05) is 47.3 Å². The summed E-state index contributed by atoms with van der Waals surface area (Å²) in [6, 6.07) is 23.7. The minimum atomic E-state index is -3.69. The number of hydrogen-bond acceptors (Lipinski definition) is 16. The summed E-state index contributed by atoms with van der Waals surface area (Å²) < 4.78 is 78.9. The van der Waals surface area contributed by atoms with E-state index in [0.29, 0.717) is 40.3 Å². The van der Waals surface area contributed by atoms with E-state index >= 15 is 0 Å². The summed E-state index contributed by atoms with van der Waals surface area (Å²) in [7, 11) is 2.44. The smallest absolute Gasteiger partial charge is 0.373 e. The first-order valence-corrected chi connectivity index (χ1v) is 25.0. The lowest BCUT2D eigenvalue weighted by atomic mass is 10.1. The molecule has 0 aromatic heterocycles. The SMILES string of the molecule is CCc1ccc(CN(C)C(=O)COCCN(C)S(=O)(=O)c2c(C)cc(OC)cc2C)cc1.CCc1ccc(CNC)cc1.COc1cc(C)c(S(=O)(=O)N(C)CCOCOC=O)c(C)c1.Cl.O=C=O.O=C=O. The van der Waals surface area contributed by atoms with Gasteiger partial charge in [-0.15, -0.1) is 12.4 Å². The van der Waals surface area contributed by atoms with Gasteiger partial charge in [-0.25, -0.2) is 16.8 Å². The molecular weight excluding hydrogens is 996 g/mol. The van der Waals surface area contributed by atoms with Gasteiger partial charge in [0.1, 0.15) is 18.1 Å². The third-order valence-electron chi connectivity index (χ3n) is 10.3. The van der Waals surface area contributed by atoms with Crippen molar-refractivity contribution < 1.29 is 69.3 Å². The molecule has 0 spiro atoms. The highest BCUT2D eigenvalue weighted by molar-refractivity contribution is 7.89. The van der Waals surface area contributed by atoms with Gasteiger partial charge in [0.05, 0.1) is 37.2 Å². The number of rotatable bonds is 23. The zero-order chi connectivity index (χ0) is 54.2. The molecule has 0 aliphatic carbocycles. The second-order valence-corrected chi connectivity index (χ2v) is 19.4. The van der Waals surface area contributed by atoms with E-state index in [9.17, 15) is 26.4 Å². The number of sulfonamides is 2. The number of nitrogens with zero attached hydrogens (tertiary/aromatic N) is 3. The van der Waals surface area contributed by atoms with Crippen molar-refractivity contribution in [3.8, 4) is 11.5 Å². The molecule has 0 bridgehead atoms. The molecule has 0 saturated carbocycles. The standard InChI is InChI=1S/C24H34N2O5S.C14H21NO6S.C10H15N.2CO2.ClH/c1-7-20-8-10-21(11-9-20)16-25(4)23(27)17-31-13-12-26(5)32(28,29)24-18(2)14-22(30-6)15-19(24)3;1-11-7-13(19-4)8-12(2)14(11)22(17,18)15(3)5-6-20-10-21-9-16;1-3-9-4-6-10(7-5-9)8-11-2;2*2-1-3;/h8-11,14-15H,7,12-13,16-17H2,1-6H3;7-9H,5-6,10H2,1-4H3;4-7,11H,3,8H2,1-2H3;;;1H. The maximum atomic E-state index is 13.0. The third kappa shape index (κ3) is 24.1. The van der Waals surface area contributed by atoms with Crippen LogP contribution in [0.4, 0.5) is 0 Å². The van der Waals surface area contributed by atoms with Crippen LogP contribution in [0.25, 0.3) is 0 Å². The average Bonchev–Trinajstić information content (AvgIpc) is 3.33. The van der Waals surface area contributed by atoms with Gasteiger partial charge in [0.25, 0.3) is 6.47 Å². The molecule has 0 aliphatic rings. The number of amides is 1. The lowest BCUT2D eigenvalue weighted by Gasteiger charge is -2.21. The molecular formula is C50H71ClN4O15S2. The Balaban J connectivity index is 0. The summed E-state index contributed by atoms with van der Waals surface area (Å²) in [6.07, 6.45) is 2.60. The molecule has 0 fully saturated rings. The number of hydrogen-bond donors (Lipinski definition) is 1. The number of nitrogens with one attached hydrogen (secondary N) is 1. The van der Waals surface area contributed by atoms with Crippen molar-refractivity contribution in [2.24, 2.45) is 0 Å². The summed E-state index contributed by atoms with van der Waals surface area (Å²) >= 11 is 0. The minimum Gasteiger partial charge on any atom is -0.497 e. The van der Waals surface area contributed by atoms with Crippen molar-refractivity contribution in [2.45, 2.75) is 77.3 Å². The van der Waals surface area contributed by atoms with Crippen LogP contribution in [0.2, 0.25) is 0 Å². The molecule has 72 heavy (non-hydrogen) atoms. The summed E-state index contributed by atoms with van der Waals surface area (Å²) in [5.74, 6) is 1.08. The number of halogens is 1. The van der Waals surface area contributed by atoms with Crippen LogP contribution in [-0.4, -0.2) is 137 Å². The molecule has 4 aromatic rings. The lowest BCUT2D eigenvalue weighted by Crippen LogP contribution is -2.33. The van der Waals surface area contributed by atoms with Crippen molar-refractivity contribution >= 4 is 57.1 Å². The van der Waals surface area contributed by atoms with Crippen LogP contribution in [0.5, 0.6) is 11.5 Å². The van der Waals surface area contributed by atoms with Crippen molar-refractivity contribution in [2.75, 3.05) is 82.1 Å². The van der Waals surface area contributed by atoms with Gasteiger partial charge in [-0.2, -0.15) is 27.8 Å². The van der Waals surface area contributed by atoms with Crippen LogP contribution >= 0.6 is 12.4 Å². The van der Waals surface area contributed by atoms with Gasteiger partial charge in [0.2, 0.25) is 26.0 Å². The van der Waals surface area contributed by atoms with E-state index in [-0.39, 0.29) is 86.6 Å². The van der Waals surface area contributed by atoms with Crippen LogP contribution in [0.15, 0.2) is 82.6 Å². The number of likely N-dealkylation sites (N-methyl/N-ethyl adjacent to an activating group) is 3. The van der Waals surface area contributed by atoms with Crippen LogP contribution in [0, 0.1) is 27.7 Å².